The molecule has 0 radical (unpaired) electrons. The van der Waals surface area contributed by atoms with Crippen molar-refractivity contribution in [3.8, 4) is 32.8 Å². The molecule has 0 spiro atoms. The molecule has 0 unspecified atom stereocenters. The standard InChI is InChI=1S/C49H30N2O2S/c1-3-13-31(14-4-1)33-25-27-35(28-26-33)51(36-18-11-17-34(29-36)32-15-5-2-6-16-32)40-30-44-47(46-38-20-8-10-23-42(38)53-48(40)46)50-49(54-44)39-21-12-24-43-45(39)37-19-7-9-22-41(37)52-43/h1-30H. The van der Waals surface area contributed by atoms with Gasteiger partial charge in [0.15, 0.2) is 5.58 Å². The SMILES string of the molecule is c1ccc(-c2ccc(N(c3cccc(-c4ccccc4)c3)c3cc4sc(-c5cccc6oc7ccccc7c56)nc4c4c3oc3ccccc34)cc2)cc1. The van der Waals surface area contributed by atoms with Gasteiger partial charge in [0.05, 0.1) is 21.3 Å². The van der Waals surface area contributed by atoms with E-state index in [9.17, 15) is 0 Å². The molecule has 8 aromatic carbocycles. The highest BCUT2D eigenvalue weighted by Crippen LogP contribution is 2.49. The minimum absolute atomic E-state index is 0.796. The second-order valence-electron chi connectivity index (χ2n) is 13.5. The first kappa shape index (κ1) is 30.7. The lowest BCUT2D eigenvalue weighted by Gasteiger charge is -2.26. The van der Waals surface area contributed by atoms with Gasteiger partial charge in [-0.15, -0.1) is 11.3 Å². The topological polar surface area (TPSA) is 42.4 Å². The molecule has 0 aliphatic carbocycles. The largest absolute Gasteiger partial charge is 0.456 e. The highest BCUT2D eigenvalue weighted by Gasteiger charge is 2.25. The molecule has 0 fully saturated rings. The number of para-hydroxylation sites is 2. The quantitative estimate of drug-likeness (QED) is 0.172. The van der Waals surface area contributed by atoms with E-state index in [-0.39, 0.29) is 0 Å². The van der Waals surface area contributed by atoms with Crippen LogP contribution in [0, 0.1) is 0 Å². The Morgan fingerprint density at radius 1 is 0.444 bits per heavy atom. The van der Waals surface area contributed by atoms with Gasteiger partial charge in [-0.2, -0.15) is 0 Å². The van der Waals surface area contributed by atoms with Gasteiger partial charge in [0, 0.05) is 33.1 Å². The van der Waals surface area contributed by atoms with Gasteiger partial charge in [-0.05, 0) is 70.8 Å². The zero-order valence-corrected chi connectivity index (χ0v) is 29.8. The van der Waals surface area contributed by atoms with Gasteiger partial charge < -0.3 is 13.7 Å². The molecule has 11 rings (SSSR count). The van der Waals surface area contributed by atoms with Crippen LogP contribution in [0.15, 0.2) is 191 Å². The number of aromatic nitrogens is 1. The van der Waals surface area contributed by atoms with Crippen molar-refractivity contribution in [1.29, 1.82) is 0 Å². The van der Waals surface area contributed by atoms with Gasteiger partial charge in [-0.1, -0.05) is 133 Å². The molecule has 0 saturated heterocycles. The van der Waals surface area contributed by atoms with Crippen molar-refractivity contribution in [3.63, 3.8) is 0 Å². The molecule has 11 aromatic rings. The summed E-state index contributed by atoms with van der Waals surface area (Å²) in [5.74, 6) is 0. The zero-order chi connectivity index (χ0) is 35.6. The summed E-state index contributed by atoms with van der Waals surface area (Å²) in [5.41, 5.74) is 13.0. The van der Waals surface area contributed by atoms with Crippen LogP contribution in [-0.4, -0.2) is 4.98 Å². The van der Waals surface area contributed by atoms with Gasteiger partial charge in [0.1, 0.15) is 21.8 Å². The van der Waals surface area contributed by atoms with E-state index in [2.05, 4.69) is 157 Å². The highest BCUT2D eigenvalue weighted by atomic mass is 32.1. The van der Waals surface area contributed by atoms with Crippen LogP contribution >= 0.6 is 11.3 Å². The van der Waals surface area contributed by atoms with Crippen molar-refractivity contribution >= 4 is 82.5 Å². The molecule has 254 valence electrons. The van der Waals surface area contributed by atoms with Crippen molar-refractivity contribution in [3.05, 3.63) is 182 Å². The summed E-state index contributed by atoms with van der Waals surface area (Å²) < 4.78 is 14.2. The van der Waals surface area contributed by atoms with E-state index >= 15 is 0 Å². The first-order valence-electron chi connectivity index (χ1n) is 18.0. The highest BCUT2D eigenvalue weighted by molar-refractivity contribution is 7.22. The summed E-state index contributed by atoms with van der Waals surface area (Å²) in [7, 11) is 0. The molecule has 0 bridgehead atoms. The summed E-state index contributed by atoms with van der Waals surface area (Å²) >= 11 is 1.70. The minimum Gasteiger partial charge on any atom is -0.456 e. The Balaban J connectivity index is 1.18. The normalized spacial score (nSPS) is 11.7. The monoisotopic (exact) mass is 710 g/mol. The third-order valence-corrected chi connectivity index (χ3v) is 11.3. The number of fused-ring (bicyclic) bond motifs is 8. The molecule has 0 amide bonds. The van der Waals surface area contributed by atoms with E-state index in [4.69, 9.17) is 13.8 Å². The van der Waals surface area contributed by atoms with Crippen LogP contribution in [0.4, 0.5) is 17.1 Å². The molecule has 0 aliphatic rings. The van der Waals surface area contributed by atoms with Crippen LogP contribution < -0.4 is 4.90 Å². The molecule has 3 aromatic heterocycles. The number of benzene rings is 8. The second-order valence-corrected chi connectivity index (χ2v) is 14.5. The van der Waals surface area contributed by atoms with Crippen LogP contribution in [0.5, 0.6) is 0 Å². The van der Waals surface area contributed by atoms with E-state index in [1.807, 2.05) is 30.3 Å². The maximum Gasteiger partial charge on any atom is 0.161 e. The molecule has 4 nitrogen and oxygen atoms in total. The Labute approximate surface area is 314 Å². The Morgan fingerprint density at radius 3 is 1.80 bits per heavy atom. The summed E-state index contributed by atoms with van der Waals surface area (Å²) in [6.07, 6.45) is 0. The lowest BCUT2D eigenvalue weighted by atomic mass is 10.0. The fourth-order valence-corrected chi connectivity index (χ4v) is 8.85. The summed E-state index contributed by atoms with van der Waals surface area (Å²) in [5, 5.41) is 5.16. The van der Waals surface area contributed by atoms with Crippen molar-refractivity contribution in [2.45, 2.75) is 0 Å². The summed E-state index contributed by atoms with van der Waals surface area (Å²) in [4.78, 5) is 7.74. The van der Waals surface area contributed by atoms with Crippen molar-refractivity contribution in [1.82, 2.24) is 4.98 Å². The fraction of sp³-hybridized carbons (Fsp3) is 0. The Hall–Kier alpha value is -6.95. The molecule has 54 heavy (non-hydrogen) atoms. The van der Waals surface area contributed by atoms with E-state index in [0.717, 1.165) is 98.4 Å². The molecule has 0 N–H and O–H groups in total. The van der Waals surface area contributed by atoms with Crippen molar-refractivity contribution < 1.29 is 8.83 Å². The number of hydrogen-bond acceptors (Lipinski definition) is 5. The number of thiazole rings is 1. The molecule has 0 atom stereocenters. The lowest BCUT2D eigenvalue weighted by Crippen LogP contribution is -2.10. The molecular weight excluding hydrogens is 681 g/mol. The predicted octanol–water partition coefficient (Wildman–Crippen LogP) is 14.6. The minimum atomic E-state index is 0.796. The maximum absolute atomic E-state index is 6.86. The molecule has 3 heterocycles. The zero-order valence-electron chi connectivity index (χ0n) is 28.9. The van der Waals surface area contributed by atoms with Crippen LogP contribution in [0.1, 0.15) is 0 Å². The second kappa shape index (κ2) is 12.3. The Morgan fingerprint density at radius 2 is 1.04 bits per heavy atom. The Kier molecular flexibility index (Phi) is 7.00. The van der Waals surface area contributed by atoms with Crippen LogP contribution in [-0.2, 0) is 0 Å². The smallest absolute Gasteiger partial charge is 0.161 e. The molecule has 0 saturated carbocycles. The van der Waals surface area contributed by atoms with E-state index in [1.54, 1.807) is 11.3 Å². The van der Waals surface area contributed by atoms with Gasteiger partial charge >= 0.3 is 0 Å². The molecule has 5 heteroatoms. The number of anilines is 3. The van der Waals surface area contributed by atoms with E-state index in [0.29, 0.717) is 0 Å². The molecular formula is C49H30N2O2S. The molecule has 0 aliphatic heterocycles. The first-order valence-corrected chi connectivity index (χ1v) is 18.8. The van der Waals surface area contributed by atoms with Gasteiger partial charge in [0.25, 0.3) is 0 Å². The summed E-state index contributed by atoms with van der Waals surface area (Å²) in [6, 6.07) is 63.7. The average Bonchev–Trinajstić information content (AvgIpc) is 3.96. The van der Waals surface area contributed by atoms with Crippen LogP contribution in [0.2, 0.25) is 0 Å². The number of furan rings is 2. The van der Waals surface area contributed by atoms with E-state index < -0.39 is 0 Å². The summed E-state index contributed by atoms with van der Waals surface area (Å²) in [6.45, 7) is 0. The number of rotatable bonds is 6. The number of nitrogens with zero attached hydrogens (tertiary/aromatic N) is 2. The van der Waals surface area contributed by atoms with Crippen molar-refractivity contribution in [2.24, 2.45) is 0 Å². The van der Waals surface area contributed by atoms with Crippen LogP contribution in [0.3, 0.4) is 0 Å². The third kappa shape index (κ3) is 4.94. The van der Waals surface area contributed by atoms with Crippen molar-refractivity contribution in [2.75, 3.05) is 4.90 Å². The predicted molar refractivity (Wildman–Crippen MR) is 225 cm³/mol. The third-order valence-electron chi connectivity index (χ3n) is 10.3. The first-order chi connectivity index (χ1) is 26.8. The van der Waals surface area contributed by atoms with Gasteiger partial charge in [-0.3, -0.25) is 0 Å². The lowest BCUT2D eigenvalue weighted by molar-refractivity contribution is 0.668. The fourth-order valence-electron chi connectivity index (χ4n) is 7.81. The van der Waals surface area contributed by atoms with Gasteiger partial charge in [0.2, 0.25) is 0 Å². The van der Waals surface area contributed by atoms with E-state index in [1.165, 1.54) is 5.56 Å². The average molecular weight is 711 g/mol. The Bertz CT molecular complexity index is 3160. The maximum atomic E-state index is 6.86. The van der Waals surface area contributed by atoms with Gasteiger partial charge in [-0.25, -0.2) is 4.98 Å². The van der Waals surface area contributed by atoms with Crippen LogP contribution in [0.25, 0.3) is 86.9 Å². The number of hydrogen-bond donors (Lipinski definition) is 0.